The van der Waals surface area contributed by atoms with Gasteiger partial charge in [-0.05, 0) is 26.8 Å². The first-order chi connectivity index (χ1) is 10.00. The molecule has 0 unspecified atom stereocenters. The predicted molar refractivity (Wildman–Crippen MR) is 81.2 cm³/mol. The van der Waals surface area contributed by atoms with E-state index in [4.69, 9.17) is 9.47 Å². The number of nitrogens with one attached hydrogen (secondary N) is 1. The Balaban J connectivity index is 1.96. The van der Waals surface area contributed by atoms with Gasteiger partial charge in [-0.3, -0.25) is 0 Å². The van der Waals surface area contributed by atoms with Crippen LogP contribution in [0.5, 0.6) is 17.4 Å². The highest BCUT2D eigenvalue weighted by Gasteiger charge is 2.32. The van der Waals surface area contributed by atoms with Gasteiger partial charge in [0.25, 0.3) is 0 Å². The van der Waals surface area contributed by atoms with Gasteiger partial charge < -0.3 is 14.8 Å². The summed E-state index contributed by atoms with van der Waals surface area (Å²) in [4.78, 5) is 8.38. The number of nitrogens with zero attached hydrogens (tertiary/aromatic N) is 2. The highest BCUT2D eigenvalue weighted by atomic mass is 16.5. The van der Waals surface area contributed by atoms with Crippen molar-refractivity contribution in [3.05, 3.63) is 35.7 Å². The monoisotopic (exact) mass is 285 g/mol. The van der Waals surface area contributed by atoms with Gasteiger partial charge in [-0.1, -0.05) is 12.1 Å². The molecule has 0 saturated carbocycles. The van der Waals surface area contributed by atoms with Crippen LogP contribution in [0.15, 0.2) is 24.5 Å². The summed E-state index contributed by atoms with van der Waals surface area (Å²) >= 11 is 0. The fraction of sp³-hybridized carbons (Fsp3) is 0.375. The predicted octanol–water partition coefficient (Wildman–Crippen LogP) is 3.33. The summed E-state index contributed by atoms with van der Waals surface area (Å²) in [6.07, 6.45) is 2.37. The minimum atomic E-state index is -0.196. The second-order valence-electron chi connectivity index (χ2n) is 5.79. The molecule has 0 atom stereocenters. The van der Waals surface area contributed by atoms with Gasteiger partial charge in [0.15, 0.2) is 11.5 Å². The van der Waals surface area contributed by atoms with E-state index in [9.17, 15) is 0 Å². The third-order valence-electron chi connectivity index (χ3n) is 3.54. The van der Waals surface area contributed by atoms with E-state index in [0.29, 0.717) is 11.6 Å². The molecule has 1 aromatic heterocycles. The summed E-state index contributed by atoms with van der Waals surface area (Å²) in [6.45, 7) is 6.08. The van der Waals surface area contributed by atoms with Gasteiger partial charge in [0.05, 0.1) is 5.56 Å². The summed E-state index contributed by atoms with van der Waals surface area (Å²) in [5.41, 5.74) is 1.84. The third kappa shape index (κ3) is 2.51. The van der Waals surface area contributed by atoms with Gasteiger partial charge in [-0.15, -0.1) is 0 Å². The molecular formula is C16H19N3O2. The summed E-state index contributed by atoms with van der Waals surface area (Å²) in [5, 5.41) is 3.02. The second kappa shape index (κ2) is 4.91. The quantitative estimate of drug-likeness (QED) is 0.937. The molecule has 2 aromatic rings. The van der Waals surface area contributed by atoms with E-state index in [1.165, 1.54) is 6.33 Å². The number of ether oxygens (including phenoxy) is 2. The van der Waals surface area contributed by atoms with Crippen LogP contribution in [0.4, 0.5) is 5.82 Å². The topological polar surface area (TPSA) is 56.3 Å². The number of rotatable bonds is 3. The lowest BCUT2D eigenvalue weighted by atomic mass is 10.0. The molecule has 5 heteroatoms. The molecule has 0 spiro atoms. The molecule has 0 bridgehead atoms. The number of fused-ring (bicyclic) bond motifs is 1. The molecule has 21 heavy (non-hydrogen) atoms. The largest absolute Gasteiger partial charge is 0.483 e. The molecule has 0 amide bonds. The van der Waals surface area contributed by atoms with Crippen LogP contribution >= 0.6 is 0 Å². The lowest BCUT2D eigenvalue weighted by molar-refractivity contribution is 0.135. The van der Waals surface area contributed by atoms with Gasteiger partial charge in [-0.25, -0.2) is 9.97 Å². The normalized spacial score (nSPS) is 15.2. The fourth-order valence-corrected chi connectivity index (χ4v) is 2.56. The van der Waals surface area contributed by atoms with E-state index in [1.807, 2.05) is 26.1 Å². The van der Waals surface area contributed by atoms with Crippen LogP contribution in [0.1, 0.15) is 25.0 Å². The highest BCUT2D eigenvalue weighted by molar-refractivity contribution is 5.53. The SMILES string of the molecule is CNc1ncnc(Oc2cccc3c2OC(C)(C)C3)c1C. The standard InChI is InChI=1S/C16H19N3O2/c1-10-14(17-4)18-9-19-15(10)20-12-7-5-6-11-8-16(2,3)21-13(11)12/h5-7,9H,8H2,1-4H3,(H,17,18,19). The Morgan fingerprint density at radius 1 is 1.29 bits per heavy atom. The maximum atomic E-state index is 6.01. The van der Waals surface area contributed by atoms with Crippen LogP contribution in [-0.2, 0) is 6.42 Å². The molecule has 0 aliphatic carbocycles. The van der Waals surface area contributed by atoms with E-state index in [1.54, 1.807) is 0 Å². The Hall–Kier alpha value is -2.30. The Labute approximate surface area is 124 Å². The Morgan fingerprint density at radius 2 is 2.10 bits per heavy atom. The summed E-state index contributed by atoms with van der Waals surface area (Å²) in [7, 11) is 1.82. The first kappa shape index (κ1) is 13.7. The van der Waals surface area contributed by atoms with Crippen LogP contribution in [0, 0.1) is 6.92 Å². The van der Waals surface area contributed by atoms with Crippen molar-refractivity contribution >= 4 is 5.82 Å². The van der Waals surface area contributed by atoms with E-state index in [-0.39, 0.29) is 5.60 Å². The summed E-state index contributed by atoms with van der Waals surface area (Å²) in [5.74, 6) is 2.80. The van der Waals surface area contributed by atoms with E-state index in [0.717, 1.165) is 29.1 Å². The molecule has 1 aromatic carbocycles. The number of para-hydroxylation sites is 1. The molecular weight excluding hydrogens is 266 g/mol. The van der Waals surface area contributed by atoms with Gasteiger partial charge in [0, 0.05) is 19.0 Å². The number of anilines is 1. The molecule has 5 nitrogen and oxygen atoms in total. The maximum absolute atomic E-state index is 6.01. The van der Waals surface area contributed by atoms with Gasteiger partial charge in [0.2, 0.25) is 5.88 Å². The van der Waals surface area contributed by atoms with Gasteiger partial charge in [0.1, 0.15) is 17.7 Å². The molecule has 0 radical (unpaired) electrons. The van der Waals surface area contributed by atoms with Crippen molar-refractivity contribution in [2.75, 3.05) is 12.4 Å². The number of aromatic nitrogens is 2. The molecule has 0 saturated heterocycles. The smallest absolute Gasteiger partial charge is 0.227 e. The van der Waals surface area contributed by atoms with Gasteiger partial charge >= 0.3 is 0 Å². The average molecular weight is 285 g/mol. The minimum Gasteiger partial charge on any atom is -0.483 e. The Morgan fingerprint density at radius 3 is 2.86 bits per heavy atom. The van der Waals surface area contributed by atoms with Crippen LogP contribution in [0.2, 0.25) is 0 Å². The minimum absolute atomic E-state index is 0.196. The second-order valence-corrected chi connectivity index (χ2v) is 5.79. The van der Waals surface area contributed by atoms with Crippen molar-refractivity contribution in [3.8, 4) is 17.4 Å². The van der Waals surface area contributed by atoms with E-state index < -0.39 is 0 Å². The van der Waals surface area contributed by atoms with Crippen LogP contribution in [0.25, 0.3) is 0 Å². The van der Waals surface area contributed by atoms with Crippen LogP contribution in [-0.4, -0.2) is 22.6 Å². The molecule has 1 aliphatic rings. The van der Waals surface area contributed by atoms with Crippen molar-refractivity contribution in [2.45, 2.75) is 32.8 Å². The summed E-state index contributed by atoms with van der Waals surface area (Å²) < 4.78 is 12.0. The first-order valence-corrected chi connectivity index (χ1v) is 6.98. The van der Waals surface area contributed by atoms with Crippen molar-refractivity contribution in [3.63, 3.8) is 0 Å². The molecule has 2 heterocycles. The number of benzene rings is 1. The van der Waals surface area contributed by atoms with Crippen molar-refractivity contribution < 1.29 is 9.47 Å². The molecule has 1 N–H and O–H groups in total. The van der Waals surface area contributed by atoms with Gasteiger partial charge in [-0.2, -0.15) is 0 Å². The summed E-state index contributed by atoms with van der Waals surface area (Å²) in [6, 6.07) is 5.96. The fourth-order valence-electron chi connectivity index (χ4n) is 2.56. The Kier molecular flexibility index (Phi) is 3.20. The first-order valence-electron chi connectivity index (χ1n) is 6.98. The lowest BCUT2D eigenvalue weighted by Gasteiger charge is -2.18. The molecule has 3 rings (SSSR count). The zero-order valence-electron chi connectivity index (χ0n) is 12.7. The third-order valence-corrected chi connectivity index (χ3v) is 3.54. The zero-order valence-corrected chi connectivity index (χ0v) is 12.7. The van der Waals surface area contributed by atoms with E-state index >= 15 is 0 Å². The maximum Gasteiger partial charge on any atom is 0.227 e. The lowest BCUT2D eigenvalue weighted by Crippen LogP contribution is -2.24. The molecule has 1 aliphatic heterocycles. The van der Waals surface area contributed by atoms with Crippen molar-refractivity contribution in [2.24, 2.45) is 0 Å². The number of hydrogen-bond acceptors (Lipinski definition) is 5. The van der Waals surface area contributed by atoms with Crippen LogP contribution < -0.4 is 14.8 Å². The Bertz CT molecular complexity index is 683. The zero-order chi connectivity index (χ0) is 15.0. The molecule has 0 fully saturated rings. The molecule has 110 valence electrons. The van der Waals surface area contributed by atoms with Crippen molar-refractivity contribution in [1.29, 1.82) is 0 Å². The number of hydrogen-bond donors (Lipinski definition) is 1. The highest BCUT2D eigenvalue weighted by Crippen LogP contribution is 2.43. The average Bonchev–Trinajstić information content (AvgIpc) is 2.76. The van der Waals surface area contributed by atoms with Crippen molar-refractivity contribution in [1.82, 2.24) is 9.97 Å². The van der Waals surface area contributed by atoms with Crippen LogP contribution in [0.3, 0.4) is 0 Å². The van der Waals surface area contributed by atoms with E-state index in [2.05, 4.69) is 35.2 Å².